The van der Waals surface area contributed by atoms with Gasteiger partial charge in [0.1, 0.15) is 0 Å². The molecule has 0 fully saturated rings. The number of anilines is 5. The Hall–Kier alpha value is -4.82. The lowest BCUT2D eigenvalue weighted by Crippen LogP contribution is -2.16. The Balaban J connectivity index is 1.29. The van der Waals surface area contributed by atoms with E-state index in [1.165, 1.54) is 38.7 Å². The van der Waals surface area contributed by atoms with E-state index in [2.05, 4.69) is 164 Å². The average Bonchev–Trinajstić information content (AvgIpc) is 3.20. The van der Waals surface area contributed by atoms with Crippen LogP contribution >= 0.6 is 0 Å². The van der Waals surface area contributed by atoms with Gasteiger partial charge in [0.15, 0.2) is 0 Å². The van der Waals surface area contributed by atoms with Gasteiger partial charge in [-0.3, -0.25) is 0 Å². The van der Waals surface area contributed by atoms with Crippen molar-refractivity contribution in [1.29, 1.82) is 0 Å². The van der Waals surface area contributed by atoms with Crippen molar-refractivity contribution < 1.29 is 0 Å². The maximum atomic E-state index is 3.71. The Kier molecular flexibility index (Phi) is 5.49. The zero-order chi connectivity index (χ0) is 26.4. The summed E-state index contributed by atoms with van der Waals surface area (Å²) in [4.78, 5) is 2.34. The molecule has 1 N–H and O–H groups in total. The van der Waals surface area contributed by atoms with Gasteiger partial charge in [0.2, 0.25) is 0 Å². The Bertz CT molecular complexity index is 1760. The summed E-state index contributed by atoms with van der Waals surface area (Å²) in [6.45, 7) is 4.69. The number of nitrogens with one attached hydrogen (secondary N) is 1. The molecule has 0 spiro atoms. The third-order valence-electron chi connectivity index (χ3n) is 8.02. The Morgan fingerprint density at radius 2 is 1.10 bits per heavy atom. The van der Waals surface area contributed by atoms with E-state index in [-0.39, 0.29) is 5.41 Å². The van der Waals surface area contributed by atoms with E-state index in [4.69, 9.17) is 0 Å². The fraction of sp³-hybridized carbons (Fsp3) is 0.0811. The fourth-order valence-electron chi connectivity index (χ4n) is 6.03. The van der Waals surface area contributed by atoms with Crippen molar-refractivity contribution in [2.45, 2.75) is 19.3 Å². The first-order chi connectivity index (χ1) is 19.1. The molecule has 1 aliphatic carbocycles. The van der Waals surface area contributed by atoms with Gasteiger partial charge in [-0.15, -0.1) is 0 Å². The van der Waals surface area contributed by atoms with Gasteiger partial charge >= 0.3 is 0 Å². The molecular formula is C37H30N2. The Morgan fingerprint density at radius 3 is 1.82 bits per heavy atom. The highest BCUT2D eigenvalue weighted by Crippen LogP contribution is 2.51. The molecule has 0 heterocycles. The molecule has 0 atom stereocenters. The highest BCUT2D eigenvalue weighted by molar-refractivity contribution is 5.96. The summed E-state index contributed by atoms with van der Waals surface area (Å²) in [6.07, 6.45) is 0. The molecule has 0 radical (unpaired) electrons. The highest BCUT2D eigenvalue weighted by atomic mass is 15.1. The van der Waals surface area contributed by atoms with Crippen molar-refractivity contribution in [1.82, 2.24) is 0 Å². The van der Waals surface area contributed by atoms with Gasteiger partial charge in [0, 0.05) is 39.2 Å². The molecule has 0 unspecified atom stereocenters. The van der Waals surface area contributed by atoms with Crippen LogP contribution in [0.1, 0.15) is 25.0 Å². The number of rotatable bonds is 5. The van der Waals surface area contributed by atoms with Crippen LogP contribution in [0.3, 0.4) is 0 Å². The summed E-state index contributed by atoms with van der Waals surface area (Å²) in [5.41, 5.74) is 10.9. The molecule has 0 bridgehead atoms. The van der Waals surface area contributed by atoms with Crippen molar-refractivity contribution in [3.05, 3.63) is 151 Å². The number of hydrogen-bond acceptors (Lipinski definition) is 2. The van der Waals surface area contributed by atoms with E-state index in [0.29, 0.717) is 0 Å². The molecule has 1 aliphatic rings. The van der Waals surface area contributed by atoms with Gasteiger partial charge in [-0.25, -0.2) is 0 Å². The van der Waals surface area contributed by atoms with E-state index < -0.39 is 0 Å². The summed E-state index contributed by atoms with van der Waals surface area (Å²) in [5.74, 6) is 0. The van der Waals surface area contributed by atoms with Gasteiger partial charge in [-0.1, -0.05) is 98.8 Å². The topological polar surface area (TPSA) is 15.3 Å². The number of benzene rings is 6. The average molecular weight is 503 g/mol. The molecular weight excluding hydrogens is 472 g/mol. The molecule has 2 nitrogen and oxygen atoms in total. The minimum atomic E-state index is -0.129. The lowest BCUT2D eigenvalue weighted by molar-refractivity contribution is 0.660. The molecule has 188 valence electrons. The number of hydrogen-bond donors (Lipinski definition) is 1. The highest BCUT2D eigenvalue weighted by Gasteiger charge is 2.36. The SMILES string of the molecule is CC1(C)c2cc(Nc3cccc4ccccc34)ccc2-c2ccc(N(c3ccccc3)c3ccccc3)cc21. The number of para-hydroxylation sites is 2. The second kappa shape index (κ2) is 9.18. The van der Waals surface area contributed by atoms with Crippen molar-refractivity contribution >= 4 is 39.2 Å². The zero-order valence-electron chi connectivity index (χ0n) is 22.2. The van der Waals surface area contributed by atoms with Crippen LogP contribution in [0, 0.1) is 0 Å². The van der Waals surface area contributed by atoms with E-state index >= 15 is 0 Å². The maximum Gasteiger partial charge on any atom is 0.0465 e. The van der Waals surface area contributed by atoms with Gasteiger partial charge in [-0.2, -0.15) is 0 Å². The first-order valence-electron chi connectivity index (χ1n) is 13.5. The summed E-state index contributed by atoms with van der Waals surface area (Å²) in [6, 6.07) is 49.9. The number of fused-ring (bicyclic) bond motifs is 4. The second-order valence-corrected chi connectivity index (χ2v) is 10.8. The predicted octanol–water partition coefficient (Wildman–Crippen LogP) is 10.4. The molecule has 0 aromatic heterocycles. The van der Waals surface area contributed by atoms with Crippen LogP contribution in [-0.4, -0.2) is 0 Å². The lowest BCUT2D eigenvalue weighted by Gasteiger charge is -2.28. The van der Waals surface area contributed by atoms with Crippen LogP contribution < -0.4 is 10.2 Å². The van der Waals surface area contributed by atoms with Crippen LogP contribution in [0.4, 0.5) is 28.4 Å². The third kappa shape index (κ3) is 3.97. The molecule has 0 saturated carbocycles. The maximum absolute atomic E-state index is 3.71. The Morgan fingerprint density at radius 1 is 0.513 bits per heavy atom. The van der Waals surface area contributed by atoms with Crippen LogP contribution in [0.25, 0.3) is 21.9 Å². The second-order valence-electron chi connectivity index (χ2n) is 10.8. The summed E-state index contributed by atoms with van der Waals surface area (Å²) >= 11 is 0. The van der Waals surface area contributed by atoms with Gasteiger partial charge in [-0.05, 0) is 82.2 Å². The predicted molar refractivity (Wildman–Crippen MR) is 166 cm³/mol. The van der Waals surface area contributed by atoms with Crippen LogP contribution in [-0.2, 0) is 5.41 Å². The van der Waals surface area contributed by atoms with Gasteiger partial charge < -0.3 is 10.2 Å². The van der Waals surface area contributed by atoms with E-state index in [9.17, 15) is 0 Å². The van der Waals surface area contributed by atoms with Crippen LogP contribution in [0.15, 0.2) is 140 Å². The number of nitrogens with zero attached hydrogens (tertiary/aromatic N) is 1. The normalized spacial score (nSPS) is 13.1. The van der Waals surface area contributed by atoms with E-state index in [0.717, 1.165) is 22.7 Å². The molecule has 2 heteroatoms. The first kappa shape index (κ1) is 23.3. The van der Waals surface area contributed by atoms with Crippen molar-refractivity contribution in [3.63, 3.8) is 0 Å². The smallest absolute Gasteiger partial charge is 0.0465 e. The first-order valence-corrected chi connectivity index (χ1v) is 13.5. The van der Waals surface area contributed by atoms with Crippen LogP contribution in [0.5, 0.6) is 0 Å². The molecule has 7 rings (SSSR count). The summed E-state index contributed by atoms with van der Waals surface area (Å²) in [7, 11) is 0. The van der Waals surface area contributed by atoms with Crippen molar-refractivity contribution in [2.75, 3.05) is 10.2 Å². The van der Waals surface area contributed by atoms with Crippen molar-refractivity contribution in [3.8, 4) is 11.1 Å². The minimum absolute atomic E-state index is 0.129. The standard InChI is InChI=1S/C37H30N2/c1-37(2)34-24-27(38-36-19-11-13-26-12-9-10-18-31(26)36)20-22-32(34)33-23-21-30(25-35(33)37)39(28-14-5-3-6-15-28)29-16-7-4-8-17-29/h3-25,38H,1-2H3. The third-order valence-corrected chi connectivity index (χ3v) is 8.02. The molecule has 0 aliphatic heterocycles. The summed E-state index contributed by atoms with van der Waals surface area (Å²) in [5, 5.41) is 6.18. The minimum Gasteiger partial charge on any atom is -0.355 e. The van der Waals surface area contributed by atoms with Gasteiger partial charge in [0.05, 0.1) is 0 Å². The van der Waals surface area contributed by atoms with Gasteiger partial charge in [0.25, 0.3) is 0 Å². The molecule has 6 aromatic carbocycles. The summed E-state index contributed by atoms with van der Waals surface area (Å²) < 4.78 is 0. The monoisotopic (exact) mass is 502 g/mol. The van der Waals surface area contributed by atoms with E-state index in [1.54, 1.807) is 0 Å². The zero-order valence-corrected chi connectivity index (χ0v) is 22.2. The molecule has 6 aromatic rings. The molecule has 0 saturated heterocycles. The molecule has 0 amide bonds. The van der Waals surface area contributed by atoms with Crippen LogP contribution in [0.2, 0.25) is 0 Å². The molecule has 39 heavy (non-hydrogen) atoms. The quantitative estimate of drug-likeness (QED) is 0.252. The lowest BCUT2D eigenvalue weighted by atomic mass is 9.82. The Labute approximate surface area is 230 Å². The van der Waals surface area contributed by atoms with E-state index in [1.807, 2.05) is 0 Å². The largest absolute Gasteiger partial charge is 0.355 e. The van der Waals surface area contributed by atoms with Crippen molar-refractivity contribution in [2.24, 2.45) is 0 Å². The fourth-order valence-corrected chi connectivity index (χ4v) is 6.03.